The smallest absolute Gasteiger partial charge is 0.329 e. The van der Waals surface area contributed by atoms with Gasteiger partial charge in [-0.1, -0.05) is 36.4 Å². The fraction of sp³-hybridized carbons (Fsp3) is 0.250. The minimum Gasteiger partial charge on any atom is -0.480 e. The van der Waals surface area contributed by atoms with E-state index in [0.29, 0.717) is 25.5 Å². The van der Waals surface area contributed by atoms with Crippen molar-refractivity contribution in [1.29, 1.82) is 0 Å². The van der Waals surface area contributed by atoms with Crippen LogP contribution < -0.4 is 4.74 Å². The maximum atomic E-state index is 10.3. The van der Waals surface area contributed by atoms with Crippen molar-refractivity contribution in [3.05, 3.63) is 59.8 Å². The lowest BCUT2D eigenvalue weighted by atomic mass is 10.2. The predicted molar refractivity (Wildman–Crippen MR) is 77.2 cm³/mol. The van der Waals surface area contributed by atoms with Crippen LogP contribution >= 0.6 is 0 Å². The molecule has 0 aliphatic heterocycles. The Morgan fingerprint density at radius 1 is 1.10 bits per heavy atom. The molecular weight excluding hydrogens is 270 g/mol. The van der Waals surface area contributed by atoms with Crippen LogP contribution in [-0.4, -0.2) is 29.3 Å². The van der Waals surface area contributed by atoms with Gasteiger partial charge >= 0.3 is 5.97 Å². The zero-order chi connectivity index (χ0) is 14.9. The Labute approximate surface area is 123 Å². The Morgan fingerprint density at radius 2 is 1.90 bits per heavy atom. The average Bonchev–Trinajstić information content (AvgIpc) is 2.51. The summed E-state index contributed by atoms with van der Waals surface area (Å²) in [6.45, 7) is 0.568. The molecule has 2 rings (SSSR count). The highest BCUT2D eigenvalue weighted by molar-refractivity contribution is 5.67. The molecule has 0 spiro atoms. The van der Waals surface area contributed by atoms with Crippen LogP contribution in [-0.2, 0) is 22.6 Å². The molecule has 1 heterocycles. The minimum atomic E-state index is -0.960. The highest BCUT2D eigenvalue weighted by Crippen LogP contribution is 2.10. The number of aliphatic carboxylic acids is 1. The van der Waals surface area contributed by atoms with Crippen LogP contribution in [0.2, 0.25) is 0 Å². The van der Waals surface area contributed by atoms with Crippen LogP contribution in [0.5, 0.6) is 5.88 Å². The second-order valence-electron chi connectivity index (χ2n) is 4.48. The predicted octanol–water partition coefficient (Wildman–Crippen LogP) is 2.30. The van der Waals surface area contributed by atoms with Gasteiger partial charge in [-0.2, -0.15) is 0 Å². The molecule has 21 heavy (non-hydrogen) atoms. The molecule has 2 aromatic rings. The summed E-state index contributed by atoms with van der Waals surface area (Å²) < 4.78 is 10.6. The molecule has 110 valence electrons. The molecule has 0 unspecified atom stereocenters. The van der Waals surface area contributed by atoms with Crippen molar-refractivity contribution in [2.75, 3.05) is 13.2 Å². The third-order valence-electron chi connectivity index (χ3n) is 2.79. The second kappa shape index (κ2) is 8.01. The monoisotopic (exact) mass is 287 g/mol. The molecule has 1 N–H and O–H groups in total. The molecule has 1 aromatic heterocycles. The van der Waals surface area contributed by atoms with E-state index in [1.54, 1.807) is 12.3 Å². The molecular formula is C16H17NO4. The molecule has 0 amide bonds. The Bertz CT molecular complexity index is 554. The fourth-order valence-electron chi connectivity index (χ4n) is 1.73. The van der Waals surface area contributed by atoms with Crippen molar-refractivity contribution in [2.45, 2.75) is 13.0 Å². The Hall–Kier alpha value is -2.40. The molecule has 0 radical (unpaired) electrons. The highest BCUT2D eigenvalue weighted by Gasteiger charge is 2.00. The van der Waals surface area contributed by atoms with Gasteiger partial charge in [0.15, 0.2) is 0 Å². The van der Waals surface area contributed by atoms with Crippen molar-refractivity contribution in [1.82, 2.24) is 4.98 Å². The number of hydrogen-bond donors (Lipinski definition) is 1. The molecule has 0 fully saturated rings. The zero-order valence-electron chi connectivity index (χ0n) is 11.6. The molecule has 0 atom stereocenters. The van der Waals surface area contributed by atoms with Crippen molar-refractivity contribution < 1.29 is 19.4 Å². The van der Waals surface area contributed by atoms with Crippen LogP contribution in [0.3, 0.4) is 0 Å². The third kappa shape index (κ3) is 5.62. The number of rotatable bonds is 8. The van der Waals surface area contributed by atoms with E-state index in [0.717, 1.165) is 11.1 Å². The van der Waals surface area contributed by atoms with Gasteiger partial charge < -0.3 is 14.6 Å². The molecule has 0 aliphatic carbocycles. The quantitative estimate of drug-likeness (QED) is 0.754. The Balaban J connectivity index is 1.75. The first-order valence-corrected chi connectivity index (χ1v) is 6.65. The van der Waals surface area contributed by atoms with Gasteiger partial charge in [0.2, 0.25) is 5.88 Å². The van der Waals surface area contributed by atoms with Crippen LogP contribution in [0.15, 0.2) is 48.7 Å². The van der Waals surface area contributed by atoms with Gasteiger partial charge in [-0.15, -0.1) is 0 Å². The molecule has 5 heteroatoms. The number of pyridine rings is 1. The van der Waals surface area contributed by atoms with Crippen molar-refractivity contribution in [2.24, 2.45) is 0 Å². The van der Waals surface area contributed by atoms with E-state index in [2.05, 4.69) is 4.98 Å². The number of hydrogen-bond acceptors (Lipinski definition) is 4. The number of carboxylic acid groups (broad SMARTS) is 1. The first-order valence-electron chi connectivity index (χ1n) is 6.65. The summed E-state index contributed by atoms with van der Waals surface area (Å²) in [5, 5.41) is 8.45. The normalized spacial score (nSPS) is 10.3. The third-order valence-corrected chi connectivity index (χ3v) is 2.79. The van der Waals surface area contributed by atoms with Crippen molar-refractivity contribution in [3.63, 3.8) is 0 Å². The number of carbonyl (C=O) groups is 1. The molecule has 0 bridgehead atoms. The van der Waals surface area contributed by atoms with Crippen LogP contribution in [0, 0.1) is 0 Å². The number of benzene rings is 1. The van der Waals surface area contributed by atoms with Crippen molar-refractivity contribution in [3.8, 4) is 5.88 Å². The van der Waals surface area contributed by atoms with Crippen LogP contribution in [0.1, 0.15) is 11.1 Å². The SMILES string of the molecule is O=C(O)COCCc1ccc(OCc2ccccc2)nc1. The zero-order valence-corrected chi connectivity index (χ0v) is 11.6. The lowest BCUT2D eigenvalue weighted by Crippen LogP contribution is -2.09. The first kappa shape index (κ1) is 15.0. The average molecular weight is 287 g/mol. The first-order chi connectivity index (χ1) is 10.2. The number of ether oxygens (including phenoxy) is 2. The summed E-state index contributed by atoms with van der Waals surface area (Å²) in [4.78, 5) is 14.5. The standard InChI is InChI=1S/C16H17NO4/c18-16(19)12-20-9-8-13-6-7-15(17-10-13)21-11-14-4-2-1-3-5-14/h1-7,10H,8-9,11-12H2,(H,18,19). The molecule has 1 aromatic carbocycles. The lowest BCUT2D eigenvalue weighted by molar-refractivity contribution is -0.142. The van der Waals surface area contributed by atoms with Gasteiger partial charge in [-0.3, -0.25) is 0 Å². The van der Waals surface area contributed by atoms with E-state index in [9.17, 15) is 4.79 Å². The van der Waals surface area contributed by atoms with E-state index >= 15 is 0 Å². The van der Waals surface area contributed by atoms with E-state index in [1.165, 1.54) is 0 Å². The van der Waals surface area contributed by atoms with E-state index in [1.807, 2.05) is 36.4 Å². The summed E-state index contributed by atoms with van der Waals surface area (Å²) in [6, 6.07) is 13.6. The topological polar surface area (TPSA) is 68.7 Å². The van der Waals surface area contributed by atoms with Crippen LogP contribution in [0.25, 0.3) is 0 Å². The Morgan fingerprint density at radius 3 is 2.57 bits per heavy atom. The van der Waals surface area contributed by atoms with E-state index < -0.39 is 5.97 Å². The maximum Gasteiger partial charge on any atom is 0.329 e. The molecule has 0 saturated carbocycles. The largest absolute Gasteiger partial charge is 0.480 e. The van der Waals surface area contributed by atoms with Crippen molar-refractivity contribution >= 4 is 5.97 Å². The molecule has 0 saturated heterocycles. The fourth-order valence-corrected chi connectivity index (χ4v) is 1.73. The number of carboxylic acids is 1. The second-order valence-corrected chi connectivity index (χ2v) is 4.48. The van der Waals surface area contributed by atoms with Gasteiger partial charge in [0, 0.05) is 12.3 Å². The Kier molecular flexibility index (Phi) is 5.72. The van der Waals surface area contributed by atoms with Gasteiger partial charge in [0.1, 0.15) is 13.2 Å². The van der Waals surface area contributed by atoms with Gasteiger partial charge in [-0.05, 0) is 17.5 Å². The number of aromatic nitrogens is 1. The minimum absolute atomic E-state index is 0.272. The molecule has 0 aliphatic rings. The van der Waals surface area contributed by atoms with E-state index in [-0.39, 0.29) is 6.61 Å². The van der Waals surface area contributed by atoms with Crippen LogP contribution in [0.4, 0.5) is 0 Å². The maximum absolute atomic E-state index is 10.3. The van der Waals surface area contributed by atoms with E-state index in [4.69, 9.17) is 14.6 Å². The number of nitrogens with zero attached hydrogens (tertiary/aromatic N) is 1. The summed E-state index contributed by atoms with van der Waals surface area (Å²) in [7, 11) is 0. The van der Waals surface area contributed by atoms with Gasteiger partial charge in [0.25, 0.3) is 0 Å². The van der Waals surface area contributed by atoms with Gasteiger partial charge in [-0.25, -0.2) is 9.78 Å². The summed E-state index contributed by atoms with van der Waals surface area (Å²) in [5.41, 5.74) is 2.07. The summed E-state index contributed by atoms with van der Waals surface area (Å²) in [5.74, 6) is -0.396. The van der Waals surface area contributed by atoms with Gasteiger partial charge in [0.05, 0.1) is 6.61 Å². The molecule has 5 nitrogen and oxygen atoms in total. The summed E-state index contributed by atoms with van der Waals surface area (Å²) in [6.07, 6.45) is 2.34. The summed E-state index contributed by atoms with van der Waals surface area (Å²) >= 11 is 0. The lowest BCUT2D eigenvalue weighted by Gasteiger charge is -2.06. The highest BCUT2D eigenvalue weighted by atomic mass is 16.5.